The number of hydrogen-bond donors (Lipinski definition) is 3. The predicted octanol–water partition coefficient (Wildman–Crippen LogP) is 2.74. The Morgan fingerprint density at radius 1 is 1.43 bits per heavy atom. The van der Waals surface area contributed by atoms with E-state index in [0.717, 1.165) is 15.6 Å². The molecular formula is C14H17ClN2O3S. The van der Waals surface area contributed by atoms with Gasteiger partial charge in [-0.2, -0.15) is 0 Å². The summed E-state index contributed by atoms with van der Waals surface area (Å²) >= 11 is 7.33. The van der Waals surface area contributed by atoms with Crippen LogP contribution in [0.5, 0.6) is 0 Å². The first-order valence-corrected chi connectivity index (χ1v) is 7.69. The van der Waals surface area contributed by atoms with Gasteiger partial charge in [0.2, 0.25) is 0 Å². The van der Waals surface area contributed by atoms with Crippen molar-refractivity contribution in [1.29, 1.82) is 0 Å². The molecule has 2 aromatic rings. The molecule has 0 aliphatic heterocycles. The zero-order valence-electron chi connectivity index (χ0n) is 11.6. The van der Waals surface area contributed by atoms with Crippen LogP contribution >= 0.6 is 22.9 Å². The Kier molecular flexibility index (Phi) is 5.27. The molecule has 0 radical (unpaired) electrons. The second kappa shape index (κ2) is 6.98. The van der Waals surface area contributed by atoms with Crippen LogP contribution in [-0.2, 0) is 12.0 Å². The van der Waals surface area contributed by atoms with Crippen molar-refractivity contribution >= 4 is 29.0 Å². The highest BCUT2D eigenvalue weighted by molar-refractivity contribution is 7.16. The van der Waals surface area contributed by atoms with E-state index in [1.54, 1.807) is 19.1 Å². The average molecular weight is 329 g/mol. The maximum Gasteiger partial charge on any atom is 0.314 e. The third-order valence-electron chi connectivity index (χ3n) is 2.93. The van der Waals surface area contributed by atoms with E-state index >= 15 is 0 Å². The van der Waals surface area contributed by atoms with Crippen LogP contribution in [0, 0.1) is 0 Å². The van der Waals surface area contributed by atoms with E-state index in [-0.39, 0.29) is 12.6 Å². The number of nitrogens with one attached hydrogen (secondary N) is 2. The molecule has 2 aromatic heterocycles. The van der Waals surface area contributed by atoms with Crippen molar-refractivity contribution in [2.75, 3.05) is 13.1 Å². The summed E-state index contributed by atoms with van der Waals surface area (Å²) in [4.78, 5) is 12.8. The van der Waals surface area contributed by atoms with E-state index < -0.39 is 5.60 Å². The summed E-state index contributed by atoms with van der Waals surface area (Å²) in [6.45, 7) is 2.16. The fraction of sp³-hybridized carbons (Fsp3) is 0.357. The first-order chi connectivity index (χ1) is 9.97. The van der Waals surface area contributed by atoms with Crippen molar-refractivity contribution in [3.05, 3.63) is 45.5 Å². The minimum Gasteiger partial charge on any atom is -0.466 e. The van der Waals surface area contributed by atoms with Gasteiger partial charge in [0.25, 0.3) is 0 Å². The lowest BCUT2D eigenvalue weighted by Crippen LogP contribution is -2.43. The van der Waals surface area contributed by atoms with Crippen LogP contribution in [0.4, 0.5) is 4.79 Å². The van der Waals surface area contributed by atoms with Crippen LogP contribution in [-0.4, -0.2) is 24.2 Å². The molecule has 0 aliphatic rings. The van der Waals surface area contributed by atoms with Gasteiger partial charge in [-0.15, -0.1) is 11.3 Å². The average Bonchev–Trinajstić information content (AvgIpc) is 3.08. The largest absolute Gasteiger partial charge is 0.466 e. The highest BCUT2D eigenvalue weighted by Crippen LogP contribution is 2.21. The van der Waals surface area contributed by atoms with E-state index in [1.165, 1.54) is 17.6 Å². The normalized spacial score (nSPS) is 13.7. The fourth-order valence-corrected chi connectivity index (χ4v) is 2.86. The first kappa shape index (κ1) is 15.9. The van der Waals surface area contributed by atoms with E-state index in [4.69, 9.17) is 16.0 Å². The molecule has 2 amide bonds. The Hall–Kier alpha value is -1.50. The molecule has 21 heavy (non-hydrogen) atoms. The first-order valence-electron chi connectivity index (χ1n) is 6.50. The third-order valence-corrected chi connectivity index (χ3v) is 4.22. The van der Waals surface area contributed by atoms with Crippen LogP contribution < -0.4 is 10.6 Å². The number of carbonyl (C=O) groups excluding carboxylic acids is 1. The van der Waals surface area contributed by atoms with Gasteiger partial charge in [0, 0.05) is 11.4 Å². The molecule has 1 unspecified atom stereocenters. The highest BCUT2D eigenvalue weighted by atomic mass is 35.5. The summed E-state index contributed by atoms with van der Waals surface area (Å²) in [5.41, 5.74) is -1.23. The minimum absolute atomic E-state index is 0.0666. The van der Waals surface area contributed by atoms with Gasteiger partial charge in [-0.3, -0.25) is 0 Å². The predicted molar refractivity (Wildman–Crippen MR) is 82.7 cm³/mol. The van der Waals surface area contributed by atoms with Crippen LogP contribution in [0.25, 0.3) is 0 Å². The molecule has 0 spiro atoms. The van der Waals surface area contributed by atoms with Crippen molar-refractivity contribution in [3.63, 3.8) is 0 Å². The highest BCUT2D eigenvalue weighted by Gasteiger charge is 2.26. The molecule has 0 aliphatic carbocycles. The molecule has 2 rings (SSSR count). The van der Waals surface area contributed by atoms with Crippen LogP contribution in [0.1, 0.15) is 17.6 Å². The van der Waals surface area contributed by atoms with Gasteiger partial charge in [-0.05, 0) is 37.6 Å². The molecule has 0 saturated carbocycles. The number of urea groups is 1. The molecule has 3 N–H and O–H groups in total. The van der Waals surface area contributed by atoms with Gasteiger partial charge >= 0.3 is 6.03 Å². The zero-order valence-corrected chi connectivity index (χ0v) is 13.1. The standard InChI is InChI=1S/C14H17ClN2O3S/c1-14(19,11-3-2-8-20-11)9-17-13(18)16-7-6-10-4-5-12(15)21-10/h2-5,8,19H,6-7,9H2,1H3,(H2,16,17,18). The summed E-state index contributed by atoms with van der Waals surface area (Å²) < 4.78 is 5.88. The van der Waals surface area contributed by atoms with E-state index in [1.807, 2.05) is 12.1 Å². The van der Waals surface area contributed by atoms with E-state index in [2.05, 4.69) is 10.6 Å². The Morgan fingerprint density at radius 2 is 2.24 bits per heavy atom. The van der Waals surface area contributed by atoms with E-state index in [0.29, 0.717) is 12.3 Å². The van der Waals surface area contributed by atoms with Gasteiger partial charge in [0.15, 0.2) is 0 Å². The Morgan fingerprint density at radius 3 is 2.86 bits per heavy atom. The van der Waals surface area contributed by atoms with Crippen molar-refractivity contribution < 1.29 is 14.3 Å². The SMILES string of the molecule is CC(O)(CNC(=O)NCCc1ccc(Cl)s1)c1ccco1. The molecule has 0 aromatic carbocycles. The lowest BCUT2D eigenvalue weighted by atomic mass is 10.0. The Labute approximate surface area is 131 Å². The molecule has 0 saturated heterocycles. The smallest absolute Gasteiger partial charge is 0.314 e. The van der Waals surface area contributed by atoms with Gasteiger partial charge in [-0.25, -0.2) is 4.79 Å². The van der Waals surface area contributed by atoms with Crippen molar-refractivity contribution in [2.45, 2.75) is 18.9 Å². The van der Waals surface area contributed by atoms with Crippen LogP contribution in [0.3, 0.4) is 0 Å². The maximum absolute atomic E-state index is 11.7. The van der Waals surface area contributed by atoms with E-state index in [9.17, 15) is 9.90 Å². The Balaban J connectivity index is 1.70. The summed E-state index contributed by atoms with van der Waals surface area (Å²) in [5.74, 6) is 0.413. The zero-order chi connectivity index (χ0) is 15.3. The quantitative estimate of drug-likeness (QED) is 0.763. The molecule has 0 bridgehead atoms. The number of amides is 2. The molecular weight excluding hydrogens is 312 g/mol. The number of thiophene rings is 1. The molecule has 1 atom stereocenters. The lowest BCUT2D eigenvalue weighted by Gasteiger charge is -2.21. The van der Waals surface area contributed by atoms with Gasteiger partial charge < -0.3 is 20.2 Å². The third kappa shape index (κ3) is 4.77. The number of furan rings is 1. The second-order valence-electron chi connectivity index (χ2n) is 4.82. The Bertz CT molecular complexity index is 581. The molecule has 7 heteroatoms. The summed E-state index contributed by atoms with van der Waals surface area (Å²) in [5, 5.41) is 15.5. The number of carbonyl (C=O) groups is 1. The topological polar surface area (TPSA) is 74.5 Å². The second-order valence-corrected chi connectivity index (χ2v) is 6.62. The number of hydrogen-bond acceptors (Lipinski definition) is 4. The van der Waals surface area contributed by atoms with Gasteiger partial charge in [0.05, 0.1) is 17.1 Å². The van der Waals surface area contributed by atoms with Crippen LogP contribution in [0.2, 0.25) is 4.34 Å². The maximum atomic E-state index is 11.7. The molecule has 114 valence electrons. The molecule has 5 nitrogen and oxygen atoms in total. The van der Waals surface area contributed by atoms with Crippen LogP contribution in [0.15, 0.2) is 34.9 Å². The van der Waals surface area contributed by atoms with Crippen molar-refractivity contribution in [1.82, 2.24) is 10.6 Å². The number of rotatable bonds is 6. The summed E-state index contributed by atoms with van der Waals surface area (Å²) in [6, 6.07) is 6.80. The van der Waals surface area contributed by atoms with Crippen molar-refractivity contribution in [3.8, 4) is 0 Å². The molecule has 2 heterocycles. The number of aliphatic hydroxyl groups is 1. The molecule has 0 fully saturated rings. The van der Waals surface area contributed by atoms with Crippen molar-refractivity contribution in [2.24, 2.45) is 0 Å². The number of halogens is 1. The van der Waals surface area contributed by atoms with Gasteiger partial charge in [-0.1, -0.05) is 11.6 Å². The van der Waals surface area contributed by atoms with Gasteiger partial charge in [0.1, 0.15) is 11.4 Å². The monoisotopic (exact) mass is 328 g/mol. The summed E-state index contributed by atoms with van der Waals surface area (Å²) in [6.07, 6.45) is 2.20. The summed E-state index contributed by atoms with van der Waals surface area (Å²) in [7, 11) is 0. The lowest BCUT2D eigenvalue weighted by molar-refractivity contribution is 0.0367. The fourth-order valence-electron chi connectivity index (χ4n) is 1.77. The minimum atomic E-state index is -1.23.